The van der Waals surface area contributed by atoms with Gasteiger partial charge < -0.3 is 5.73 Å². The first-order valence-electron chi connectivity index (χ1n) is 6.45. The summed E-state index contributed by atoms with van der Waals surface area (Å²) in [6, 6.07) is 8.36. The van der Waals surface area contributed by atoms with Crippen LogP contribution >= 0.6 is 0 Å². The Balaban J connectivity index is 2.66. The van der Waals surface area contributed by atoms with E-state index in [4.69, 9.17) is 5.73 Å². The summed E-state index contributed by atoms with van der Waals surface area (Å²) in [5.41, 5.74) is 12.0. The van der Waals surface area contributed by atoms with E-state index in [0.717, 1.165) is 12.2 Å². The number of nitrogens with zero attached hydrogens (tertiary/aromatic N) is 2. The molecule has 0 spiro atoms. The average molecular weight is 243 g/mol. The van der Waals surface area contributed by atoms with Gasteiger partial charge >= 0.3 is 0 Å². The third-order valence-electron chi connectivity index (χ3n) is 3.40. The quantitative estimate of drug-likeness (QED) is 0.899. The Labute approximate surface area is 109 Å². The Morgan fingerprint density at radius 1 is 1.28 bits per heavy atom. The summed E-state index contributed by atoms with van der Waals surface area (Å²) in [7, 11) is 0. The van der Waals surface area contributed by atoms with E-state index in [1.165, 1.54) is 22.4 Å². The van der Waals surface area contributed by atoms with Crippen molar-refractivity contribution in [2.75, 3.05) is 0 Å². The van der Waals surface area contributed by atoms with Crippen LogP contribution in [-0.4, -0.2) is 9.78 Å². The first-order valence-corrected chi connectivity index (χ1v) is 6.45. The fourth-order valence-electron chi connectivity index (χ4n) is 2.52. The van der Waals surface area contributed by atoms with Gasteiger partial charge in [-0.25, -0.2) is 0 Å². The summed E-state index contributed by atoms with van der Waals surface area (Å²) >= 11 is 0. The van der Waals surface area contributed by atoms with E-state index in [1.807, 2.05) is 17.7 Å². The molecule has 3 heteroatoms. The Morgan fingerprint density at radius 3 is 2.50 bits per heavy atom. The lowest BCUT2D eigenvalue weighted by Gasteiger charge is -2.13. The van der Waals surface area contributed by atoms with Gasteiger partial charge in [-0.15, -0.1) is 0 Å². The van der Waals surface area contributed by atoms with Gasteiger partial charge in [-0.3, -0.25) is 4.68 Å². The third-order valence-corrected chi connectivity index (χ3v) is 3.40. The molecule has 0 aliphatic rings. The molecule has 1 atom stereocenters. The second-order valence-corrected chi connectivity index (χ2v) is 4.74. The molecule has 96 valence electrons. The van der Waals surface area contributed by atoms with Crippen molar-refractivity contribution in [3.8, 4) is 11.1 Å². The van der Waals surface area contributed by atoms with Gasteiger partial charge in [0.05, 0.1) is 5.69 Å². The number of benzene rings is 1. The van der Waals surface area contributed by atoms with E-state index < -0.39 is 0 Å². The van der Waals surface area contributed by atoms with Gasteiger partial charge in [-0.2, -0.15) is 5.10 Å². The van der Waals surface area contributed by atoms with Gasteiger partial charge in [-0.05, 0) is 38.8 Å². The Morgan fingerprint density at radius 2 is 1.94 bits per heavy atom. The van der Waals surface area contributed by atoms with Gasteiger partial charge in [0.25, 0.3) is 0 Å². The van der Waals surface area contributed by atoms with Crippen molar-refractivity contribution in [3.63, 3.8) is 0 Å². The van der Waals surface area contributed by atoms with E-state index in [0.29, 0.717) is 0 Å². The average Bonchev–Trinajstić information content (AvgIpc) is 2.64. The molecule has 18 heavy (non-hydrogen) atoms. The highest BCUT2D eigenvalue weighted by molar-refractivity contribution is 5.72. The molecule has 0 radical (unpaired) electrons. The second kappa shape index (κ2) is 4.94. The van der Waals surface area contributed by atoms with Gasteiger partial charge in [0.2, 0.25) is 0 Å². The van der Waals surface area contributed by atoms with Crippen LogP contribution in [0.1, 0.15) is 36.8 Å². The summed E-state index contributed by atoms with van der Waals surface area (Å²) in [5, 5.41) is 4.58. The maximum atomic E-state index is 6.06. The molecule has 3 nitrogen and oxygen atoms in total. The molecular weight excluding hydrogens is 222 g/mol. The number of aryl methyl sites for hydroxylation is 2. The van der Waals surface area contributed by atoms with Crippen LogP contribution in [-0.2, 0) is 6.54 Å². The molecule has 0 saturated heterocycles. The van der Waals surface area contributed by atoms with Crippen LogP contribution in [0.3, 0.4) is 0 Å². The zero-order valence-electron chi connectivity index (χ0n) is 11.6. The predicted octanol–water partition coefficient (Wildman–Crippen LogP) is 3.21. The van der Waals surface area contributed by atoms with Crippen molar-refractivity contribution >= 4 is 0 Å². The molecule has 1 aromatic heterocycles. The lowest BCUT2D eigenvalue weighted by atomic mass is 9.95. The molecule has 0 fully saturated rings. The Bertz CT molecular complexity index is 553. The maximum Gasteiger partial charge on any atom is 0.0675 e. The number of rotatable bonds is 3. The molecule has 0 bridgehead atoms. The van der Waals surface area contributed by atoms with Gasteiger partial charge in [0, 0.05) is 23.8 Å². The van der Waals surface area contributed by atoms with Crippen LogP contribution in [0.4, 0.5) is 0 Å². The molecule has 1 heterocycles. The monoisotopic (exact) mass is 243 g/mol. The van der Waals surface area contributed by atoms with E-state index in [1.54, 1.807) is 0 Å². The predicted molar refractivity (Wildman–Crippen MR) is 75.4 cm³/mol. The Hall–Kier alpha value is -1.61. The van der Waals surface area contributed by atoms with Crippen LogP contribution < -0.4 is 5.73 Å². The second-order valence-electron chi connectivity index (χ2n) is 4.74. The zero-order valence-corrected chi connectivity index (χ0v) is 11.6. The van der Waals surface area contributed by atoms with Crippen LogP contribution in [0.25, 0.3) is 11.1 Å². The summed E-state index contributed by atoms with van der Waals surface area (Å²) in [6.07, 6.45) is 0. The fraction of sp³-hybridized carbons (Fsp3) is 0.400. The molecular formula is C15H21N3. The summed E-state index contributed by atoms with van der Waals surface area (Å²) in [4.78, 5) is 0. The maximum absolute atomic E-state index is 6.06. The molecule has 2 N–H and O–H groups in total. The van der Waals surface area contributed by atoms with Crippen LogP contribution in [0.5, 0.6) is 0 Å². The van der Waals surface area contributed by atoms with Crippen LogP contribution in [0.15, 0.2) is 24.3 Å². The SMILES string of the molecule is CCn1nc(C)c(-c2ccccc2C(C)N)c1C. The highest BCUT2D eigenvalue weighted by Gasteiger charge is 2.16. The minimum atomic E-state index is 0.0324. The van der Waals surface area contributed by atoms with Crippen LogP contribution in [0, 0.1) is 13.8 Å². The molecule has 1 unspecified atom stereocenters. The molecule has 0 aliphatic carbocycles. The van der Waals surface area contributed by atoms with Gasteiger partial charge in [0.15, 0.2) is 0 Å². The Kier molecular flexibility index (Phi) is 3.53. The minimum Gasteiger partial charge on any atom is -0.324 e. The highest BCUT2D eigenvalue weighted by Crippen LogP contribution is 2.32. The number of nitrogens with two attached hydrogens (primary N) is 1. The first kappa shape index (κ1) is 12.8. The highest BCUT2D eigenvalue weighted by atomic mass is 15.3. The first-order chi connectivity index (χ1) is 8.56. The smallest absolute Gasteiger partial charge is 0.0675 e. The van der Waals surface area contributed by atoms with E-state index in [2.05, 4.69) is 44.1 Å². The molecule has 0 amide bonds. The van der Waals surface area contributed by atoms with Crippen molar-refractivity contribution in [1.82, 2.24) is 9.78 Å². The molecule has 0 aliphatic heterocycles. The van der Waals surface area contributed by atoms with Crippen molar-refractivity contribution in [1.29, 1.82) is 0 Å². The fourth-order valence-corrected chi connectivity index (χ4v) is 2.52. The number of hydrogen-bond acceptors (Lipinski definition) is 2. The van der Waals surface area contributed by atoms with Crippen LogP contribution in [0.2, 0.25) is 0 Å². The lowest BCUT2D eigenvalue weighted by molar-refractivity contribution is 0.634. The molecule has 2 aromatic rings. The van der Waals surface area contributed by atoms with E-state index >= 15 is 0 Å². The number of hydrogen-bond donors (Lipinski definition) is 1. The minimum absolute atomic E-state index is 0.0324. The third kappa shape index (κ3) is 2.06. The summed E-state index contributed by atoms with van der Waals surface area (Å²) in [5.74, 6) is 0. The van der Waals surface area contributed by atoms with E-state index in [-0.39, 0.29) is 6.04 Å². The topological polar surface area (TPSA) is 43.8 Å². The molecule has 0 saturated carbocycles. The van der Waals surface area contributed by atoms with Gasteiger partial charge in [-0.1, -0.05) is 24.3 Å². The van der Waals surface area contributed by atoms with Crippen molar-refractivity contribution in [3.05, 3.63) is 41.2 Å². The van der Waals surface area contributed by atoms with Crippen molar-refractivity contribution in [2.24, 2.45) is 5.73 Å². The standard InChI is InChI=1S/C15H21N3/c1-5-18-12(4)15(11(3)17-18)14-9-7-6-8-13(14)10(2)16/h6-10H,5,16H2,1-4H3. The largest absolute Gasteiger partial charge is 0.324 e. The number of aromatic nitrogens is 2. The van der Waals surface area contributed by atoms with E-state index in [9.17, 15) is 0 Å². The van der Waals surface area contributed by atoms with Crippen molar-refractivity contribution in [2.45, 2.75) is 40.3 Å². The molecule has 1 aromatic carbocycles. The normalized spacial score (nSPS) is 12.7. The summed E-state index contributed by atoms with van der Waals surface area (Å²) in [6.45, 7) is 9.21. The molecule has 2 rings (SSSR count). The lowest BCUT2D eigenvalue weighted by Crippen LogP contribution is -2.07. The van der Waals surface area contributed by atoms with Crippen molar-refractivity contribution < 1.29 is 0 Å². The van der Waals surface area contributed by atoms with Gasteiger partial charge in [0.1, 0.15) is 0 Å². The zero-order chi connectivity index (χ0) is 13.3. The summed E-state index contributed by atoms with van der Waals surface area (Å²) < 4.78 is 2.04.